The SMILES string of the molecule is Cc1cc(=O)c(O)c(O)cc1C(=O)Nc1cccc(Cc2ccccc2)c1. The average molecular weight is 361 g/mol. The minimum absolute atomic E-state index is 0.110. The molecular weight excluding hydrogens is 342 g/mol. The number of benzene rings is 2. The molecule has 0 spiro atoms. The third-order valence-electron chi connectivity index (χ3n) is 4.21. The molecule has 136 valence electrons. The van der Waals surface area contributed by atoms with Gasteiger partial charge < -0.3 is 15.5 Å². The maximum Gasteiger partial charge on any atom is 0.256 e. The van der Waals surface area contributed by atoms with Crippen LogP contribution in [0.2, 0.25) is 0 Å². The number of carbonyl (C=O) groups is 1. The molecule has 3 aromatic rings. The van der Waals surface area contributed by atoms with Gasteiger partial charge in [-0.1, -0.05) is 42.5 Å². The Kier molecular flexibility index (Phi) is 5.22. The van der Waals surface area contributed by atoms with Gasteiger partial charge in [0.2, 0.25) is 11.2 Å². The van der Waals surface area contributed by atoms with Crippen molar-refractivity contribution in [2.24, 2.45) is 0 Å². The zero-order valence-corrected chi connectivity index (χ0v) is 14.8. The first-order chi connectivity index (χ1) is 12.9. The van der Waals surface area contributed by atoms with Crippen LogP contribution in [-0.4, -0.2) is 16.1 Å². The summed E-state index contributed by atoms with van der Waals surface area (Å²) in [4.78, 5) is 24.3. The van der Waals surface area contributed by atoms with Crippen LogP contribution in [0.3, 0.4) is 0 Å². The van der Waals surface area contributed by atoms with E-state index in [2.05, 4.69) is 5.32 Å². The van der Waals surface area contributed by atoms with E-state index in [-0.39, 0.29) is 5.56 Å². The Labute approximate surface area is 156 Å². The molecule has 0 atom stereocenters. The van der Waals surface area contributed by atoms with E-state index in [0.29, 0.717) is 11.3 Å². The van der Waals surface area contributed by atoms with Crippen molar-refractivity contribution in [2.45, 2.75) is 13.3 Å². The minimum Gasteiger partial charge on any atom is -0.504 e. The first kappa shape index (κ1) is 18.2. The molecule has 3 N–H and O–H groups in total. The van der Waals surface area contributed by atoms with E-state index in [0.717, 1.165) is 29.7 Å². The van der Waals surface area contributed by atoms with Crippen molar-refractivity contribution in [3.05, 3.63) is 99.2 Å². The van der Waals surface area contributed by atoms with Crippen molar-refractivity contribution < 1.29 is 15.0 Å². The lowest BCUT2D eigenvalue weighted by Gasteiger charge is -2.08. The lowest BCUT2D eigenvalue weighted by atomic mass is 10.0. The van der Waals surface area contributed by atoms with E-state index in [1.165, 1.54) is 0 Å². The molecule has 0 saturated heterocycles. The zero-order valence-electron chi connectivity index (χ0n) is 14.8. The van der Waals surface area contributed by atoms with E-state index in [1.807, 2.05) is 48.5 Å². The third-order valence-corrected chi connectivity index (χ3v) is 4.21. The lowest BCUT2D eigenvalue weighted by molar-refractivity contribution is 0.102. The summed E-state index contributed by atoms with van der Waals surface area (Å²) >= 11 is 0. The summed E-state index contributed by atoms with van der Waals surface area (Å²) in [5, 5.41) is 22.1. The second-order valence-electron chi connectivity index (χ2n) is 6.30. The van der Waals surface area contributed by atoms with Crippen molar-refractivity contribution in [3.8, 4) is 11.5 Å². The fourth-order valence-electron chi connectivity index (χ4n) is 2.82. The molecule has 0 aliphatic carbocycles. The molecule has 0 aliphatic heterocycles. The normalized spacial score (nSPS) is 10.4. The highest BCUT2D eigenvalue weighted by Gasteiger charge is 2.13. The molecule has 1 amide bonds. The summed E-state index contributed by atoms with van der Waals surface area (Å²) in [6.45, 7) is 1.57. The highest BCUT2D eigenvalue weighted by Crippen LogP contribution is 2.22. The Hall–Kier alpha value is -3.60. The van der Waals surface area contributed by atoms with Crippen LogP contribution in [0.4, 0.5) is 5.69 Å². The van der Waals surface area contributed by atoms with Crippen LogP contribution in [0.1, 0.15) is 27.0 Å². The van der Waals surface area contributed by atoms with E-state index >= 15 is 0 Å². The quantitative estimate of drug-likeness (QED) is 0.662. The molecular formula is C22H19NO4. The van der Waals surface area contributed by atoms with E-state index < -0.39 is 22.8 Å². The monoisotopic (exact) mass is 361 g/mol. The number of anilines is 1. The summed E-state index contributed by atoms with van der Waals surface area (Å²) < 4.78 is 0. The molecule has 5 nitrogen and oxygen atoms in total. The van der Waals surface area contributed by atoms with Crippen LogP contribution in [0.25, 0.3) is 0 Å². The van der Waals surface area contributed by atoms with Crippen molar-refractivity contribution in [1.82, 2.24) is 0 Å². The van der Waals surface area contributed by atoms with Gasteiger partial charge in [0.1, 0.15) is 0 Å². The van der Waals surface area contributed by atoms with Crippen molar-refractivity contribution >= 4 is 11.6 Å². The Morgan fingerprint density at radius 1 is 0.926 bits per heavy atom. The Balaban J connectivity index is 1.85. The lowest BCUT2D eigenvalue weighted by Crippen LogP contribution is -2.13. The van der Waals surface area contributed by atoms with Crippen molar-refractivity contribution in [1.29, 1.82) is 0 Å². The molecule has 27 heavy (non-hydrogen) atoms. The second-order valence-corrected chi connectivity index (χ2v) is 6.30. The molecule has 0 saturated carbocycles. The van der Waals surface area contributed by atoms with Gasteiger partial charge in [-0.15, -0.1) is 0 Å². The molecule has 0 bridgehead atoms. The largest absolute Gasteiger partial charge is 0.504 e. The summed E-state index contributed by atoms with van der Waals surface area (Å²) in [5.74, 6) is -1.88. The third kappa shape index (κ3) is 4.33. The Morgan fingerprint density at radius 3 is 2.37 bits per heavy atom. The molecule has 0 fully saturated rings. The number of aromatic hydroxyl groups is 2. The van der Waals surface area contributed by atoms with Crippen LogP contribution < -0.4 is 10.7 Å². The Morgan fingerprint density at radius 2 is 1.63 bits per heavy atom. The van der Waals surface area contributed by atoms with Gasteiger partial charge in [-0.2, -0.15) is 0 Å². The number of hydrogen-bond donors (Lipinski definition) is 3. The van der Waals surface area contributed by atoms with Gasteiger partial charge >= 0.3 is 0 Å². The van der Waals surface area contributed by atoms with Crippen molar-refractivity contribution in [3.63, 3.8) is 0 Å². The number of nitrogens with one attached hydrogen (secondary N) is 1. The summed E-state index contributed by atoms with van der Waals surface area (Å²) in [7, 11) is 0. The maximum atomic E-state index is 12.6. The van der Waals surface area contributed by atoms with Gasteiger partial charge in [0.05, 0.1) is 0 Å². The zero-order chi connectivity index (χ0) is 19.4. The van der Waals surface area contributed by atoms with Gasteiger partial charge in [-0.3, -0.25) is 9.59 Å². The first-order valence-corrected chi connectivity index (χ1v) is 8.45. The van der Waals surface area contributed by atoms with Gasteiger partial charge in [0, 0.05) is 11.3 Å². The number of rotatable bonds is 4. The van der Waals surface area contributed by atoms with Crippen LogP contribution in [-0.2, 0) is 6.42 Å². The predicted molar refractivity (Wildman–Crippen MR) is 104 cm³/mol. The molecule has 0 aromatic heterocycles. The number of hydrogen-bond acceptors (Lipinski definition) is 4. The van der Waals surface area contributed by atoms with Gasteiger partial charge in [0.25, 0.3) is 5.91 Å². The number of amides is 1. The van der Waals surface area contributed by atoms with E-state index in [4.69, 9.17) is 0 Å². The van der Waals surface area contributed by atoms with Gasteiger partial charge in [-0.05, 0) is 54.3 Å². The summed E-state index contributed by atoms with van der Waals surface area (Å²) in [6, 6.07) is 19.7. The number of carbonyl (C=O) groups excluding carboxylic acids is 1. The fraction of sp³-hybridized carbons (Fsp3) is 0.0909. The topological polar surface area (TPSA) is 86.6 Å². The predicted octanol–water partition coefficient (Wildman–Crippen LogP) is 3.61. The second kappa shape index (κ2) is 7.74. The Bertz CT molecular complexity index is 1050. The van der Waals surface area contributed by atoms with Gasteiger partial charge in [-0.25, -0.2) is 0 Å². The number of aryl methyl sites for hydroxylation is 1. The van der Waals surface area contributed by atoms with E-state index in [1.54, 1.807) is 13.0 Å². The summed E-state index contributed by atoms with van der Waals surface area (Å²) in [6.07, 6.45) is 0.734. The molecule has 0 unspecified atom stereocenters. The molecule has 0 aliphatic rings. The standard InChI is InChI=1S/C22H19NO4/c1-14-10-19(24)21(26)20(25)13-18(14)22(27)23-17-9-5-8-16(12-17)11-15-6-3-2-4-7-15/h2-10,12-13H,11H2,1H3,(H,23,27)(H2,24,25,26). The van der Waals surface area contributed by atoms with E-state index in [9.17, 15) is 19.8 Å². The fourth-order valence-corrected chi connectivity index (χ4v) is 2.82. The molecule has 3 rings (SSSR count). The minimum atomic E-state index is -0.776. The summed E-state index contributed by atoms with van der Waals surface area (Å²) in [5.41, 5.74) is 2.53. The average Bonchev–Trinajstić information content (AvgIpc) is 2.74. The van der Waals surface area contributed by atoms with Gasteiger partial charge in [0.15, 0.2) is 5.75 Å². The molecule has 5 heteroatoms. The molecule has 3 aromatic carbocycles. The molecule has 0 heterocycles. The smallest absolute Gasteiger partial charge is 0.256 e. The highest BCUT2D eigenvalue weighted by molar-refractivity contribution is 6.05. The molecule has 0 radical (unpaired) electrons. The van der Waals surface area contributed by atoms with Crippen LogP contribution in [0.15, 0.2) is 71.5 Å². The first-order valence-electron chi connectivity index (χ1n) is 8.45. The van der Waals surface area contributed by atoms with Crippen LogP contribution >= 0.6 is 0 Å². The van der Waals surface area contributed by atoms with Crippen LogP contribution in [0.5, 0.6) is 11.5 Å². The maximum absolute atomic E-state index is 12.6. The highest BCUT2D eigenvalue weighted by atomic mass is 16.3. The van der Waals surface area contributed by atoms with Crippen LogP contribution in [0, 0.1) is 6.92 Å². The van der Waals surface area contributed by atoms with Crippen molar-refractivity contribution in [2.75, 3.05) is 5.32 Å².